The van der Waals surface area contributed by atoms with Crippen molar-refractivity contribution in [3.8, 4) is 0 Å². The Morgan fingerprint density at radius 2 is 1.93 bits per heavy atom. The number of hydrogen-bond donors (Lipinski definition) is 3. The number of carbonyl (C=O) groups excluding carboxylic acids is 2. The van der Waals surface area contributed by atoms with Crippen LogP contribution in [0.1, 0.15) is 13.8 Å². The number of nitrogens with two attached hydrogens (primary N) is 1. The number of methoxy groups -OCH3 is 1. The van der Waals surface area contributed by atoms with Gasteiger partial charge in [-0.05, 0) is 5.92 Å². The molecular weight excluding hydrogens is 186 g/mol. The highest BCUT2D eigenvalue weighted by Crippen LogP contribution is 2.01. The van der Waals surface area contributed by atoms with Gasteiger partial charge < -0.3 is 10.1 Å². The Morgan fingerprint density at radius 1 is 1.36 bits per heavy atom. The first-order valence-electron chi connectivity index (χ1n) is 4.33. The highest BCUT2D eigenvalue weighted by atomic mass is 16.5. The average Bonchev–Trinajstić information content (AvgIpc) is 2.15. The van der Waals surface area contributed by atoms with Crippen LogP contribution in [-0.4, -0.2) is 31.6 Å². The molecule has 0 aromatic rings. The van der Waals surface area contributed by atoms with Crippen molar-refractivity contribution in [2.75, 3.05) is 13.7 Å². The van der Waals surface area contributed by atoms with E-state index in [0.29, 0.717) is 6.61 Å². The summed E-state index contributed by atoms with van der Waals surface area (Å²) in [6, 6.07) is -0.190. The van der Waals surface area contributed by atoms with E-state index in [-0.39, 0.29) is 12.0 Å². The lowest BCUT2D eigenvalue weighted by Gasteiger charge is -2.20. The van der Waals surface area contributed by atoms with Gasteiger partial charge in [-0.15, -0.1) is 0 Å². The van der Waals surface area contributed by atoms with Gasteiger partial charge in [-0.1, -0.05) is 13.8 Å². The second-order valence-corrected chi connectivity index (χ2v) is 3.25. The molecule has 6 nitrogen and oxygen atoms in total. The van der Waals surface area contributed by atoms with Gasteiger partial charge in [-0.2, -0.15) is 0 Å². The minimum absolute atomic E-state index is 0.185. The molecule has 0 aliphatic carbocycles. The average molecular weight is 203 g/mol. The monoisotopic (exact) mass is 203 g/mol. The van der Waals surface area contributed by atoms with Gasteiger partial charge in [0.25, 0.3) is 0 Å². The van der Waals surface area contributed by atoms with Gasteiger partial charge in [-0.3, -0.25) is 15.0 Å². The quantitative estimate of drug-likeness (QED) is 0.231. The van der Waals surface area contributed by atoms with Gasteiger partial charge in [0.05, 0.1) is 12.6 Å². The Labute approximate surface area is 83.1 Å². The van der Waals surface area contributed by atoms with E-state index in [1.807, 2.05) is 13.8 Å². The number of carbonyl (C=O) groups is 2. The maximum absolute atomic E-state index is 11.1. The molecule has 4 N–H and O–H groups in total. The summed E-state index contributed by atoms with van der Waals surface area (Å²) < 4.78 is 4.90. The molecule has 6 heteroatoms. The van der Waals surface area contributed by atoms with Crippen molar-refractivity contribution < 1.29 is 14.3 Å². The fourth-order valence-electron chi connectivity index (χ4n) is 0.880. The van der Waals surface area contributed by atoms with Crippen molar-refractivity contribution >= 4 is 11.8 Å². The van der Waals surface area contributed by atoms with E-state index < -0.39 is 11.8 Å². The van der Waals surface area contributed by atoms with E-state index in [0.717, 1.165) is 0 Å². The third kappa shape index (κ3) is 4.20. The van der Waals surface area contributed by atoms with E-state index in [2.05, 4.69) is 5.32 Å². The Hall–Kier alpha value is -1.14. The Kier molecular flexibility index (Phi) is 5.82. The van der Waals surface area contributed by atoms with Crippen LogP contribution in [-0.2, 0) is 14.3 Å². The molecule has 0 radical (unpaired) electrons. The Morgan fingerprint density at radius 3 is 2.29 bits per heavy atom. The molecular formula is C8H17N3O3. The molecule has 0 aliphatic rings. The molecule has 82 valence electrons. The zero-order chi connectivity index (χ0) is 11.1. The van der Waals surface area contributed by atoms with E-state index in [4.69, 9.17) is 10.6 Å². The minimum Gasteiger partial charge on any atom is -0.383 e. The minimum atomic E-state index is -0.855. The van der Waals surface area contributed by atoms with Gasteiger partial charge in [0.1, 0.15) is 0 Å². The van der Waals surface area contributed by atoms with Crippen LogP contribution in [0.2, 0.25) is 0 Å². The van der Waals surface area contributed by atoms with E-state index >= 15 is 0 Å². The lowest BCUT2D eigenvalue weighted by molar-refractivity contribution is -0.140. The van der Waals surface area contributed by atoms with Gasteiger partial charge in [0.2, 0.25) is 0 Å². The van der Waals surface area contributed by atoms with Crippen molar-refractivity contribution in [3.63, 3.8) is 0 Å². The highest BCUT2D eigenvalue weighted by molar-refractivity contribution is 6.34. The SMILES string of the molecule is COCC(NC(=O)C(=O)NN)C(C)C. The van der Waals surface area contributed by atoms with Crippen LogP contribution in [0.3, 0.4) is 0 Å². The fraction of sp³-hybridized carbons (Fsp3) is 0.750. The lowest BCUT2D eigenvalue weighted by atomic mass is 10.1. The number of hydrogen-bond acceptors (Lipinski definition) is 4. The van der Waals surface area contributed by atoms with Crippen molar-refractivity contribution in [2.24, 2.45) is 11.8 Å². The zero-order valence-electron chi connectivity index (χ0n) is 8.66. The highest BCUT2D eigenvalue weighted by Gasteiger charge is 2.19. The van der Waals surface area contributed by atoms with Crippen LogP contribution in [0.4, 0.5) is 0 Å². The summed E-state index contributed by atoms with van der Waals surface area (Å²) in [7, 11) is 1.53. The number of ether oxygens (including phenoxy) is 1. The summed E-state index contributed by atoms with van der Waals surface area (Å²) in [6.45, 7) is 4.20. The summed E-state index contributed by atoms with van der Waals surface area (Å²) in [5.74, 6) is 3.39. The summed E-state index contributed by atoms with van der Waals surface area (Å²) >= 11 is 0. The Balaban J connectivity index is 4.15. The second kappa shape index (κ2) is 6.33. The molecule has 0 rings (SSSR count). The van der Waals surface area contributed by atoms with Crippen LogP contribution >= 0.6 is 0 Å². The third-order valence-electron chi connectivity index (χ3n) is 1.80. The third-order valence-corrected chi connectivity index (χ3v) is 1.80. The number of amides is 2. The van der Waals surface area contributed by atoms with Gasteiger partial charge in [0.15, 0.2) is 0 Å². The lowest BCUT2D eigenvalue weighted by Crippen LogP contribution is -2.49. The van der Waals surface area contributed by atoms with Crippen LogP contribution in [0.5, 0.6) is 0 Å². The second-order valence-electron chi connectivity index (χ2n) is 3.25. The predicted octanol–water partition coefficient (Wildman–Crippen LogP) is -1.24. The van der Waals surface area contributed by atoms with Gasteiger partial charge in [0, 0.05) is 7.11 Å². The number of nitrogens with one attached hydrogen (secondary N) is 2. The molecule has 14 heavy (non-hydrogen) atoms. The molecule has 1 unspecified atom stereocenters. The summed E-state index contributed by atoms with van der Waals surface area (Å²) in [5.41, 5.74) is 1.76. The van der Waals surface area contributed by atoms with Crippen LogP contribution in [0.25, 0.3) is 0 Å². The molecule has 0 aromatic carbocycles. The van der Waals surface area contributed by atoms with E-state index in [1.165, 1.54) is 7.11 Å². The van der Waals surface area contributed by atoms with Crippen molar-refractivity contribution in [3.05, 3.63) is 0 Å². The predicted molar refractivity (Wildman–Crippen MR) is 51.0 cm³/mol. The molecule has 0 saturated heterocycles. The summed E-state index contributed by atoms with van der Waals surface area (Å²) in [4.78, 5) is 21.9. The first-order chi connectivity index (χ1) is 6.52. The maximum atomic E-state index is 11.1. The van der Waals surface area contributed by atoms with E-state index in [1.54, 1.807) is 5.43 Å². The standard InChI is InChI=1S/C8H17N3O3/c1-5(2)6(4-14-3)10-7(12)8(13)11-9/h5-6H,4,9H2,1-3H3,(H,10,12)(H,11,13). The molecule has 0 saturated carbocycles. The number of hydrazine groups is 1. The molecule has 0 bridgehead atoms. The zero-order valence-corrected chi connectivity index (χ0v) is 8.66. The van der Waals surface area contributed by atoms with E-state index in [9.17, 15) is 9.59 Å². The molecule has 0 aliphatic heterocycles. The topological polar surface area (TPSA) is 93.4 Å². The van der Waals surface area contributed by atoms with Crippen LogP contribution < -0.4 is 16.6 Å². The first-order valence-corrected chi connectivity index (χ1v) is 4.33. The van der Waals surface area contributed by atoms with Crippen LogP contribution in [0.15, 0.2) is 0 Å². The normalized spacial score (nSPS) is 12.4. The smallest absolute Gasteiger partial charge is 0.323 e. The summed E-state index contributed by atoms with van der Waals surface area (Å²) in [6.07, 6.45) is 0. The van der Waals surface area contributed by atoms with Crippen molar-refractivity contribution in [1.29, 1.82) is 0 Å². The van der Waals surface area contributed by atoms with Crippen molar-refractivity contribution in [1.82, 2.24) is 10.7 Å². The Bertz CT molecular complexity index is 206. The molecule has 0 heterocycles. The number of rotatable bonds is 4. The van der Waals surface area contributed by atoms with Crippen molar-refractivity contribution in [2.45, 2.75) is 19.9 Å². The van der Waals surface area contributed by atoms with Gasteiger partial charge in [-0.25, -0.2) is 5.84 Å². The summed E-state index contributed by atoms with van der Waals surface area (Å²) in [5, 5.41) is 2.51. The first kappa shape index (κ1) is 12.9. The molecule has 0 spiro atoms. The molecule has 0 fully saturated rings. The maximum Gasteiger partial charge on any atom is 0.323 e. The fourth-order valence-corrected chi connectivity index (χ4v) is 0.880. The molecule has 1 atom stereocenters. The molecule has 2 amide bonds. The largest absolute Gasteiger partial charge is 0.383 e. The molecule has 0 aromatic heterocycles. The van der Waals surface area contributed by atoms with Gasteiger partial charge >= 0.3 is 11.8 Å². The van der Waals surface area contributed by atoms with Crippen LogP contribution in [0, 0.1) is 5.92 Å².